The van der Waals surface area contributed by atoms with E-state index in [1.54, 1.807) is 12.3 Å². The Hall–Kier alpha value is -4.24. The van der Waals surface area contributed by atoms with Crippen LogP contribution >= 0.6 is 0 Å². The Labute approximate surface area is 206 Å². The van der Waals surface area contributed by atoms with Crippen LogP contribution in [0.5, 0.6) is 0 Å². The highest BCUT2D eigenvalue weighted by Crippen LogP contribution is 2.33. The summed E-state index contributed by atoms with van der Waals surface area (Å²) in [5, 5.41) is 25.8. The standard InChI is InChI=1S/C21H22N8O6S/c1-14-3-4-22-19(9-14)25-20-12-21(24-13-23-20)26-5-7-27(8-6-26)36(34,35)16-10-17(28(30)31)15(2)18(11-16)29(32)33/h3-4,9-13H,5-8H2,1-2H3,(H,22,23,24,25). The fraction of sp³-hybridized carbons (Fsp3) is 0.286. The number of pyridine rings is 1. The number of hydrogen-bond donors (Lipinski definition) is 1. The number of piperazine rings is 1. The van der Waals surface area contributed by atoms with Crippen molar-refractivity contribution in [2.75, 3.05) is 36.4 Å². The van der Waals surface area contributed by atoms with Crippen molar-refractivity contribution >= 4 is 38.9 Å². The summed E-state index contributed by atoms with van der Waals surface area (Å²) < 4.78 is 27.5. The number of nitrogens with zero attached hydrogens (tertiary/aromatic N) is 7. The summed E-state index contributed by atoms with van der Waals surface area (Å²) in [6.07, 6.45) is 3.07. The second kappa shape index (κ2) is 9.79. The summed E-state index contributed by atoms with van der Waals surface area (Å²) >= 11 is 0. The van der Waals surface area contributed by atoms with Crippen LogP contribution in [0.25, 0.3) is 0 Å². The summed E-state index contributed by atoms with van der Waals surface area (Å²) in [5.74, 6) is 1.73. The van der Waals surface area contributed by atoms with Crippen molar-refractivity contribution in [1.82, 2.24) is 19.3 Å². The van der Waals surface area contributed by atoms with Crippen LogP contribution in [-0.4, -0.2) is 63.7 Å². The van der Waals surface area contributed by atoms with E-state index in [-0.39, 0.29) is 31.7 Å². The van der Waals surface area contributed by atoms with Crippen LogP contribution in [0.2, 0.25) is 0 Å². The number of sulfonamides is 1. The molecule has 0 unspecified atom stereocenters. The van der Waals surface area contributed by atoms with Crippen molar-refractivity contribution in [3.05, 3.63) is 74.2 Å². The Bertz CT molecular complexity index is 1400. The van der Waals surface area contributed by atoms with Crippen LogP contribution in [0.4, 0.5) is 28.8 Å². The lowest BCUT2D eigenvalue weighted by atomic mass is 10.1. The van der Waals surface area contributed by atoms with Gasteiger partial charge in [-0.2, -0.15) is 4.31 Å². The summed E-state index contributed by atoms with van der Waals surface area (Å²) in [6, 6.07) is 7.20. The van der Waals surface area contributed by atoms with Gasteiger partial charge in [0.2, 0.25) is 10.0 Å². The van der Waals surface area contributed by atoms with Gasteiger partial charge in [0.1, 0.15) is 29.3 Å². The van der Waals surface area contributed by atoms with Gasteiger partial charge in [-0.3, -0.25) is 20.2 Å². The molecule has 14 nitrogen and oxygen atoms in total. The van der Waals surface area contributed by atoms with E-state index in [0.717, 1.165) is 22.0 Å². The molecule has 0 atom stereocenters. The molecule has 1 saturated heterocycles. The maximum absolute atomic E-state index is 13.2. The van der Waals surface area contributed by atoms with E-state index >= 15 is 0 Å². The molecular formula is C21H22N8O6S. The molecule has 36 heavy (non-hydrogen) atoms. The maximum Gasteiger partial charge on any atom is 0.280 e. The lowest BCUT2D eigenvalue weighted by Crippen LogP contribution is -2.49. The minimum Gasteiger partial charge on any atom is -0.354 e. The average molecular weight is 515 g/mol. The molecule has 4 rings (SSSR count). The lowest BCUT2D eigenvalue weighted by Gasteiger charge is -2.34. The smallest absolute Gasteiger partial charge is 0.280 e. The van der Waals surface area contributed by atoms with Gasteiger partial charge < -0.3 is 10.2 Å². The minimum atomic E-state index is -4.20. The van der Waals surface area contributed by atoms with Gasteiger partial charge in [0.15, 0.2) is 0 Å². The van der Waals surface area contributed by atoms with E-state index in [1.165, 1.54) is 13.3 Å². The van der Waals surface area contributed by atoms with Crippen LogP contribution in [-0.2, 0) is 10.0 Å². The zero-order chi connectivity index (χ0) is 26.0. The second-order valence-corrected chi connectivity index (χ2v) is 10.0. The molecule has 3 heterocycles. The zero-order valence-electron chi connectivity index (χ0n) is 19.4. The van der Waals surface area contributed by atoms with E-state index in [9.17, 15) is 28.6 Å². The minimum absolute atomic E-state index is 0.0595. The first kappa shape index (κ1) is 24.9. The Morgan fingerprint density at radius 1 is 0.889 bits per heavy atom. The summed E-state index contributed by atoms with van der Waals surface area (Å²) in [5.41, 5.74) is -0.415. The molecule has 0 saturated carbocycles. The van der Waals surface area contributed by atoms with E-state index in [4.69, 9.17) is 0 Å². The fourth-order valence-electron chi connectivity index (χ4n) is 3.82. The number of anilines is 3. The largest absolute Gasteiger partial charge is 0.354 e. The van der Waals surface area contributed by atoms with Gasteiger partial charge in [-0.15, -0.1) is 0 Å². The third-order valence-corrected chi connectivity index (χ3v) is 7.62. The van der Waals surface area contributed by atoms with Crippen molar-refractivity contribution in [2.45, 2.75) is 18.7 Å². The molecule has 0 bridgehead atoms. The quantitative estimate of drug-likeness (QED) is 0.362. The zero-order valence-corrected chi connectivity index (χ0v) is 20.2. The SMILES string of the molecule is Cc1ccnc(Nc2cc(N3CCN(S(=O)(=O)c4cc([N+](=O)[O-])c(C)c([N+](=O)[O-])c4)CC3)ncn2)c1. The molecule has 0 aliphatic carbocycles. The second-order valence-electron chi connectivity index (χ2n) is 8.10. The Kier molecular flexibility index (Phi) is 6.76. The van der Waals surface area contributed by atoms with E-state index in [2.05, 4.69) is 20.3 Å². The van der Waals surface area contributed by atoms with Gasteiger partial charge in [-0.1, -0.05) is 0 Å². The van der Waals surface area contributed by atoms with Crippen molar-refractivity contribution < 1.29 is 18.3 Å². The third kappa shape index (κ3) is 5.06. The molecule has 3 aromatic rings. The fourth-order valence-corrected chi connectivity index (χ4v) is 5.28. The Balaban J connectivity index is 1.51. The van der Waals surface area contributed by atoms with Crippen LogP contribution in [0.15, 0.2) is 47.8 Å². The van der Waals surface area contributed by atoms with Crippen molar-refractivity contribution in [3.63, 3.8) is 0 Å². The molecule has 1 N–H and O–H groups in total. The van der Waals surface area contributed by atoms with Crippen LogP contribution in [0.3, 0.4) is 0 Å². The average Bonchev–Trinajstić information content (AvgIpc) is 2.84. The molecule has 1 fully saturated rings. The highest BCUT2D eigenvalue weighted by atomic mass is 32.2. The van der Waals surface area contributed by atoms with E-state index in [1.807, 2.05) is 24.0 Å². The molecule has 1 aliphatic heterocycles. The number of hydrogen-bond acceptors (Lipinski definition) is 11. The molecule has 15 heteroatoms. The number of nitro groups is 2. The number of nitro benzene ring substituents is 2. The first-order valence-electron chi connectivity index (χ1n) is 10.8. The van der Waals surface area contributed by atoms with E-state index < -0.39 is 36.1 Å². The highest BCUT2D eigenvalue weighted by molar-refractivity contribution is 7.89. The molecule has 1 aliphatic rings. The highest BCUT2D eigenvalue weighted by Gasteiger charge is 2.33. The lowest BCUT2D eigenvalue weighted by molar-refractivity contribution is -0.395. The molecule has 1 aromatic carbocycles. The molecule has 2 aromatic heterocycles. The summed E-state index contributed by atoms with van der Waals surface area (Å²) in [4.78, 5) is 35.2. The number of aryl methyl sites for hydroxylation is 1. The van der Waals surface area contributed by atoms with Crippen LogP contribution < -0.4 is 10.2 Å². The monoisotopic (exact) mass is 514 g/mol. The molecule has 0 amide bonds. The topological polar surface area (TPSA) is 178 Å². The van der Waals surface area contributed by atoms with Gasteiger partial charge in [-0.25, -0.2) is 23.4 Å². The van der Waals surface area contributed by atoms with Gasteiger partial charge in [0.05, 0.1) is 14.7 Å². The number of nitrogens with one attached hydrogen (secondary N) is 1. The van der Waals surface area contributed by atoms with Crippen molar-refractivity contribution in [2.24, 2.45) is 0 Å². The number of benzene rings is 1. The van der Waals surface area contributed by atoms with Crippen molar-refractivity contribution in [1.29, 1.82) is 0 Å². The van der Waals surface area contributed by atoms with Gasteiger partial charge in [0, 0.05) is 50.6 Å². The third-order valence-electron chi connectivity index (χ3n) is 5.74. The maximum atomic E-state index is 13.2. The normalized spacial score (nSPS) is 14.4. The Morgan fingerprint density at radius 3 is 2.08 bits per heavy atom. The van der Waals surface area contributed by atoms with Gasteiger partial charge >= 0.3 is 0 Å². The molecular weight excluding hydrogens is 492 g/mol. The number of aromatic nitrogens is 3. The molecule has 188 valence electrons. The predicted molar refractivity (Wildman–Crippen MR) is 130 cm³/mol. The van der Waals surface area contributed by atoms with Crippen molar-refractivity contribution in [3.8, 4) is 0 Å². The molecule has 0 radical (unpaired) electrons. The summed E-state index contributed by atoms with van der Waals surface area (Å²) in [6.45, 7) is 3.85. The predicted octanol–water partition coefficient (Wildman–Crippen LogP) is 2.56. The summed E-state index contributed by atoms with van der Waals surface area (Å²) in [7, 11) is -4.20. The Morgan fingerprint density at radius 2 is 1.50 bits per heavy atom. The first-order chi connectivity index (χ1) is 17.1. The van der Waals surface area contributed by atoms with Crippen LogP contribution in [0, 0.1) is 34.1 Å². The van der Waals surface area contributed by atoms with Gasteiger partial charge in [-0.05, 0) is 31.5 Å². The van der Waals surface area contributed by atoms with Crippen LogP contribution in [0.1, 0.15) is 11.1 Å². The first-order valence-corrected chi connectivity index (χ1v) is 12.2. The molecule has 0 spiro atoms. The van der Waals surface area contributed by atoms with Gasteiger partial charge in [0.25, 0.3) is 11.4 Å². The van der Waals surface area contributed by atoms with E-state index in [0.29, 0.717) is 17.5 Å². The number of rotatable bonds is 7.